The van der Waals surface area contributed by atoms with Gasteiger partial charge in [0, 0.05) is 50.1 Å². The van der Waals surface area contributed by atoms with Gasteiger partial charge in [0.1, 0.15) is 22.9 Å². The molecule has 0 aromatic carbocycles. The molecule has 2 fully saturated rings. The lowest BCUT2D eigenvalue weighted by Crippen LogP contribution is -2.53. The average Bonchev–Trinajstić information content (AvgIpc) is 3.46. The summed E-state index contributed by atoms with van der Waals surface area (Å²) in [5.41, 5.74) is 0.365. The van der Waals surface area contributed by atoms with Crippen molar-refractivity contribution in [1.82, 2.24) is 19.9 Å². The number of halogens is 1. The Kier molecular flexibility index (Phi) is 4.14. The molecule has 7 nitrogen and oxygen atoms in total. The molecule has 1 atom stereocenters. The molecule has 25 heavy (non-hydrogen) atoms. The fourth-order valence-electron chi connectivity index (χ4n) is 3.23. The van der Waals surface area contributed by atoms with Crippen LogP contribution in [-0.2, 0) is 0 Å². The first-order valence-corrected chi connectivity index (χ1v) is 8.80. The van der Waals surface area contributed by atoms with Crippen LogP contribution >= 0.6 is 11.6 Å². The van der Waals surface area contributed by atoms with Crippen molar-refractivity contribution in [3.05, 3.63) is 35.1 Å². The second kappa shape index (κ2) is 6.45. The smallest absolute Gasteiger partial charge is 0.183 e. The molecule has 1 saturated heterocycles. The van der Waals surface area contributed by atoms with Crippen molar-refractivity contribution in [3.8, 4) is 6.07 Å². The van der Waals surface area contributed by atoms with Gasteiger partial charge >= 0.3 is 0 Å². The number of piperazine rings is 1. The molecule has 2 aromatic rings. The second-order valence-corrected chi connectivity index (χ2v) is 6.90. The number of anilines is 2. The highest BCUT2D eigenvalue weighted by molar-refractivity contribution is 6.29. The van der Waals surface area contributed by atoms with E-state index in [1.54, 1.807) is 12.4 Å². The molecule has 1 saturated carbocycles. The number of nitrogens with zero attached hydrogens (tertiary/aromatic N) is 7. The number of aromatic nitrogens is 4. The molecule has 2 aliphatic rings. The molecule has 4 rings (SSSR count). The SMILES string of the molecule is CC1CN(c2nccnc2C#N)CCN1c1cc(Cl)nc(C2CC2)n1. The Labute approximate surface area is 151 Å². The van der Waals surface area contributed by atoms with Gasteiger partial charge in [-0.1, -0.05) is 11.6 Å². The highest BCUT2D eigenvalue weighted by Crippen LogP contribution is 2.39. The summed E-state index contributed by atoms with van der Waals surface area (Å²) in [6.45, 7) is 4.41. The fraction of sp³-hybridized carbons (Fsp3) is 0.471. The Bertz CT molecular complexity index is 830. The lowest BCUT2D eigenvalue weighted by atomic mass is 10.2. The summed E-state index contributed by atoms with van der Waals surface area (Å²) in [5.74, 6) is 2.86. The van der Waals surface area contributed by atoms with E-state index in [9.17, 15) is 5.26 Å². The highest BCUT2D eigenvalue weighted by Gasteiger charge is 2.30. The molecule has 3 heterocycles. The monoisotopic (exact) mass is 355 g/mol. The van der Waals surface area contributed by atoms with Gasteiger partial charge in [-0.25, -0.2) is 19.9 Å². The largest absolute Gasteiger partial charge is 0.350 e. The molecule has 1 unspecified atom stereocenters. The van der Waals surface area contributed by atoms with Crippen LogP contribution in [0.1, 0.15) is 37.2 Å². The zero-order valence-corrected chi connectivity index (χ0v) is 14.7. The summed E-state index contributed by atoms with van der Waals surface area (Å²) in [6.07, 6.45) is 5.46. The quantitative estimate of drug-likeness (QED) is 0.782. The first kappa shape index (κ1) is 16.0. The summed E-state index contributed by atoms with van der Waals surface area (Å²) >= 11 is 6.21. The molecular formula is C17H18ClN7. The van der Waals surface area contributed by atoms with Crippen LogP contribution in [0.15, 0.2) is 18.5 Å². The maximum absolute atomic E-state index is 9.24. The first-order chi connectivity index (χ1) is 12.2. The van der Waals surface area contributed by atoms with Crippen LogP contribution in [0, 0.1) is 11.3 Å². The number of hydrogen-bond acceptors (Lipinski definition) is 7. The van der Waals surface area contributed by atoms with Crippen LogP contribution in [0.5, 0.6) is 0 Å². The van der Waals surface area contributed by atoms with E-state index in [-0.39, 0.29) is 6.04 Å². The van der Waals surface area contributed by atoms with E-state index >= 15 is 0 Å². The maximum atomic E-state index is 9.24. The Morgan fingerprint density at radius 3 is 2.72 bits per heavy atom. The van der Waals surface area contributed by atoms with Gasteiger partial charge in [-0.3, -0.25) is 0 Å². The van der Waals surface area contributed by atoms with Gasteiger partial charge in [-0.05, 0) is 19.8 Å². The Morgan fingerprint density at radius 1 is 1.20 bits per heavy atom. The zero-order chi connectivity index (χ0) is 17.4. The van der Waals surface area contributed by atoms with Crippen molar-refractivity contribution in [3.63, 3.8) is 0 Å². The molecule has 128 valence electrons. The van der Waals surface area contributed by atoms with Gasteiger partial charge in [-0.2, -0.15) is 5.26 Å². The molecule has 0 spiro atoms. The van der Waals surface area contributed by atoms with Gasteiger partial charge in [0.2, 0.25) is 0 Å². The minimum absolute atomic E-state index is 0.209. The van der Waals surface area contributed by atoms with Gasteiger partial charge < -0.3 is 9.80 Å². The summed E-state index contributed by atoms with van der Waals surface area (Å²) in [4.78, 5) is 21.9. The van der Waals surface area contributed by atoms with Crippen molar-refractivity contribution in [2.75, 3.05) is 29.4 Å². The molecule has 8 heteroatoms. The Hall–Kier alpha value is -2.46. The number of hydrogen-bond donors (Lipinski definition) is 0. The van der Waals surface area contributed by atoms with E-state index in [1.165, 1.54) is 0 Å². The van der Waals surface area contributed by atoms with E-state index in [0.29, 0.717) is 22.6 Å². The third-order valence-corrected chi connectivity index (χ3v) is 4.84. The highest BCUT2D eigenvalue weighted by atomic mass is 35.5. The lowest BCUT2D eigenvalue weighted by molar-refractivity contribution is 0.540. The van der Waals surface area contributed by atoms with Gasteiger partial charge in [0.25, 0.3) is 0 Å². The second-order valence-electron chi connectivity index (χ2n) is 6.51. The fourth-order valence-corrected chi connectivity index (χ4v) is 3.41. The van der Waals surface area contributed by atoms with E-state index < -0.39 is 0 Å². The normalized spacial score (nSPS) is 20.4. The van der Waals surface area contributed by atoms with Crippen molar-refractivity contribution in [1.29, 1.82) is 5.26 Å². The molecule has 0 amide bonds. The summed E-state index contributed by atoms with van der Waals surface area (Å²) < 4.78 is 0. The van der Waals surface area contributed by atoms with E-state index in [0.717, 1.165) is 44.1 Å². The molecule has 0 bridgehead atoms. The van der Waals surface area contributed by atoms with Crippen LogP contribution in [0.25, 0.3) is 0 Å². The molecule has 1 aliphatic carbocycles. The van der Waals surface area contributed by atoms with Gasteiger partial charge in [0.15, 0.2) is 11.5 Å². The molecule has 0 radical (unpaired) electrons. The Balaban J connectivity index is 1.55. The van der Waals surface area contributed by atoms with Crippen molar-refractivity contribution in [2.45, 2.75) is 31.7 Å². The van der Waals surface area contributed by atoms with Gasteiger partial charge in [-0.15, -0.1) is 0 Å². The third kappa shape index (κ3) is 3.22. The Morgan fingerprint density at radius 2 is 2.00 bits per heavy atom. The minimum Gasteiger partial charge on any atom is -0.350 e. The summed E-state index contributed by atoms with van der Waals surface area (Å²) in [7, 11) is 0. The molecule has 1 aliphatic heterocycles. The predicted octanol–water partition coefficient (Wildman–Crippen LogP) is 2.38. The summed E-state index contributed by atoms with van der Waals surface area (Å²) in [5, 5.41) is 9.74. The molecular weight excluding hydrogens is 338 g/mol. The van der Waals surface area contributed by atoms with Crippen LogP contribution in [0.3, 0.4) is 0 Å². The first-order valence-electron chi connectivity index (χ1n) is 8.43. The van der Waals surface area contributed by atoms with E-state index in [2.05, 4.69) is 37.7 Å². The molecule has 0 N–H and O–H groups in total. The van der Waals surface area contributed by atoms with Crippen LogP contribution in [0.2, 0.25) is 5.15 Å². The number of rotatable bonds is 3. The third-order valence-electron chi connectivity index (χ3n) is 4.65. The van der Waals surface area contributed by atoms with Crippen LogP contribution < -0.4 is 9.80 Å². The van der Waals surface area contributed by atoms with Crippen molar-refractivity contribution < 1.29 is 0 Å². The van der Waals surface area contributed by atoms with Gasteiger partial charge in [0.05, 0.1) is 0 Å². The standard InChI is InChI=1S/C17H18ClN7/c1-11-10-24(17-13(9-19)20-4-5-21-17)6-7-25(11)15-8-14(18)22-16(23-15)12-2-3-12/h4-5,8,11-12H,2-3,6-7,10H2,1H3. The van der Waals surface area contributed by atoms with Crippen molar-refractivity contribution >= 4 is 23.2 Å². The number of nitriles is 1. The van der Waals surface area contributed by atoms with E-state index in [4.69, 9.17) is 16.6 Å². The average molecular weight is 356 g/mol. The van der Waals surface area contributed by atoms with Crippen LogP contribution in [-0.4, -0.2) is 45.6 Å². The minimum atomic E-state index is 0.209. The zero-order valence-electron chi connectivity index (χ0n) is 13.9. The predicted molar refractivity (Wildman–Crippen MR) is 94.8 cm³/mol. The van der Waals surface area contributed by atoms with E-state index in [1.807, 2.05) is 6.07 Å². The topological polar surface area (TPSA) is 81.8 Å². The maximum Gasteiger partial charge on any atom is 0.183 e. The lowest BCUT2D eigenvalue weighted by Gasteiger charge is -2.41. The van der Waals surface area contributed by atoms with Crippen molar-refractivity contribution in [2.24, 2.45) is 0 Å². The van der Waals surface area contributed by atoms with Crippen LogP contribution in [0.4, 0.5) is 11.6 Å². The molecule has 2 aromatic heterocycles. The summed E-state index contributed by atoms with van der Waals surface area (Å²) in [6, 6.07) is 4.16.